The number of aromatic nitrogens is 3. The van der Waals surface area contributed by atoms with E-state index in [1.165, 1.54) is 37.9 Å². The average Bonchev–Trinajstić information content (AvgIpc) is 3.28. The number of piperidine rings is 1. The highest BCUT2D eigenvalue weighted by Gasteiger charge is 2.17. The van der Waals surface area contributed by atoms with Gasteiger partial charge in [0.25, 0.3) is 5.91 Å². The van der Waals surface area contributed by atoms with Crippen LogP contribution in [-0.2, 0) is 25.9 Å². The van der Waals surface area contributed by atoms with Crippen LogP contribution in [0.3, 0.4) is 0 Å². The maximum absolute atomic E-state index is 12.3. The molecule has 0 bridgehead atoms. The second kappa shape index (κ2) is 7.99. The van der Waals surface area contributed by atoms with Gasteiger partial charge in [-0.1, -0.05) is 18.6 Å². The molecule has 1 amide bonds. The molecule has 26 heavy (non-hydrogen) atoms. The predicted molar refractivity (Wildman–Crippen MR) is 100.0 cm³/mol. The van der Waals surface area contributed by atoms with E-state index in [9.17, 15) is 4.79 Å². The van der Waals surface area contributed by atoms with Crippen LogP contribution in [0.15, 0.2) is 24.3 Å². The van der Waals surface area contributed by atoms with Crippen molar-refractivity contribution in [1.29, 1.82) is 0 Å². The van der Waals surface area contributed by atoms with Crippen molar-refractivity contribution in [2.24, 2.45) is 0 Å². The molecule has 0 radical (unpaired) electrons. The maximum Gasteiger partial charge on any atom is 0.251 e. The number of aryl methyl sites for hydroxylation is 1. The van der Waals surface area contributed by atoms with E-state index in [1.54, 1.807) is 0 Å². The monoisotopic (exact) mass is 353 g/mol. The quantitative estimate of drug-likeness (QED) is 0.865. The zero-order chi connectivity index (χ0) is 17.8. The summed E-state index contributed by atoms with van der Waals surface area (Å²) in [6.07, 6.45) is 6.85. The van der Waals surface area contributed by atoms with Crippen molar-refractivity contribution in [3.63, 3.8) is 0 Å². The number of rotatable bonds is 6. The van der Waals surface area contributed by atoms with Crippen LogP contribution in [-0.4, -0.2) is 45.2 Å². The second-order valence-electron chi connectivity index (χ2n) is 7.33. The first-order chi connectivity index (χ1) is 12.8. The largest absolute Gasteiger partial charge is 0.352 e. The van der Waals surface area contributed by atoms with Gasteiger partial charge in [-0.3, -0.25) is 9.69 Å². The number of benzene rings is 1. The summed E-state index contributed by atoms with van der Waals surface area (Å²) in [6.45, 7) is 4.96. The lowest BCUT2D eigenvalue weighted by Crippen LogP contribution is -2.29. The highest BCUT2D eigenvalue weighted by atomic mass is 16.1. The Hall–Kier alpha value is -2.21. The van der Waals surface area contributed by atoms with Gasteiger partial charge in [0, 0.05) is 38.0 Å². The molecule has 138 valence electrons. The summed E-state index contributed by atoms with van der Waals surface area (Å²) in [4.78, 5) is 14.8. The summed E-state index contributed by atoms with van der Waals surface area (Å²) in [7, 11) is 0. The minimum absolute atomic E-state index is 0.0179. The van der Waals surface area contributed by atoms with Gasteiger partial charge in [0.2, 0.25) is 0 Å². The molecule has 1 aromatic heterocycles. The fraction of sp³-hybridized carbons (Fsp3) is 0.550. The Bertz CT molecular complexity index is 746. The molecule has 0 spiro atoms. The molecule has 0 unspecified atom stereocenters. The lowest BCUT2D eigenvalue weighted by molar-refractivity contribution is 0.0954. The molecule has 6 nitrogen and oxygen atoms in total. The van der Waals surface area contributed by atoms with Crippen LogP contribution in [0.2, 0.25) is 0 Å². The highest BCUT2D eigenvalue weighted by molar-refractivity contribution is 5.94. The lowest BCUT2D eigenvalue weighted by Gasteiger charge is -2.26. The third-order valence-corrected chi connectivity index (χ3v) is 5.39. The molecule has 1 fully saturated rings. The van der Waals surface area contributed by atoms with E-state index < -0.39 is 0 Å². The van der Waals surface area contributed by atoms with E-state index in [1.807, 2.05) is 12.1 Å². The van der Waals surface area contributed by atoms with Gasteiger partial charge in [-0.15, -0.1) is 10.2 Å². The van der Waals surface area contributed by atoms with E-state index in [0.29, 0.717) is 6.54 Å². The molecule has 6 heteroatoms. The Morgan fingerprint density at radius 3 is 2.62 bits per heavy atom. The topological polar surface area (TPSA) is 63.1 Å². The van der Waals surface area contributed by atoms with Gasteiger partial charge in [0.05, 0.1) is 0 Å². The maximum atomic E-state index is 12.3. The summed E-state index contributed by atoms with van der Waals surface area (Å²) in [5.41, 5.74) is 2.00. The number of carbonyl (C=O) groups is 1. The van der Waals surface area contributed by atoms with E-state index in [4.69, 9.17) is 0 Å². The zero-order valence-corrected chi connectivity index (χ0v) is 15.3. The van der Waals surface area contributed by atoms with E-state index in [-0.39, 0.29) is 5.91 Å². The van der Waals surface area contributed by atoms with E-state index in [2.05, 4.69) is 37.1 Å². The Balaban J connectivity index is 1.26. The SMILES string of the molecule is O=C(NCCc1nnc2n1CCC2)c1ccc(CN2CCCCC2)cc1. The molecule has 1 saturated heterocycles. The molecular weight excluding hydrogens is 326 g/mol. The predicted octanol–water partition coefficient (Wildman–Crippen LogP) is 2.18. The van der Waals surface area contributed by atoms with E-state index in [0.717, 1.165) is 49.6 Å². The number of likely N-dealkylation sites (tertiary alicyclic amines) is 1. The summed E-state index contributed by atoms with van der Waals surface area (Å²) in [5.74, 6) is 2.04. The zero-order valence-electron chi connectivity index (χ0n) is 15.3. The van der Waals surface area contributed by atoms with Crippen molar-refractivity contribution in [3.05, 3.63) is 47.0 Å². The summed E-state index contributed by atoms with van der Waals surface area (Å²) < 4.78 is 2.18. The number of amides is 1. The minimum Gasteiger partial charge on any atom is -0.352 e. The highest BCUT2D eigenvalue weighted by Crippen LogP contribution is 2.15. The van der Waals surface area contributed by atoms with Gasteiger partial charge >= 0.3 is 0 Å². The van der Waals surface area contributed by atoms with Gasteiger partial charge in [-0.25, -0.2) is 0 Å². The Labute approximate surface area is 154 Å². The first-order valence-electron chi connectivity index (χ1n) is 9.80. The molecule has 3 heterocycles. The standard InChI is InChI=1S/C20H27N5O/c26-20(21-11-10-19-23-22-18-5-4-14-25(18)19)17-8-6-16(7-9-17)15-24-12-2-1-3-13-24/h6-9H,1-5,10-15H2,(H,21,26). The van der Waals surface area contributed by atoms with Crippen LogP contribution in [0.1, 0.15) is 53.3 Å². The van der Waals surface area contributed by atoms with Crippen LogP contribution in [0.5, 0.6) is 0 Å². The number of nitrogens with one attached hydrogen (secondary N) is 1. The average molecular weight is 353 g/mol. The normalized spacial score (nSPS) is 17.2. The molecule has 2 aliphatic rings. The molecule has 4 rings (SSSR count). The van der Waals surface area contributed by atoms with Gasteiger partial charge < -0.3 is 9.88 Å². The number of nitrogens with zero attached hydrogens (tertiary/aromatic N) is 4. The summed E-state index contributed by atoms with van der Waals surface area (Å²) in [6, 6.07) is 8.02. The third kappa shape index (κ3) is 3.96. The van der Waals surface area contributed by atoms with Gasteiger partial charge in [0.1, 0.15) is 11.6 Å². The fourth-order valence-corrected chi connectivity index (χ4v) is 3.92. The molecule has 0 aliphatic carbocycles. The first-order valence-corrected chi connectivity index (χ1v) is 9.80. The minimum atomic E-state index is -0.0179. The number of hydrogen-bond donors (Lipinski definition) is 1. The number of fused-ring (bicyclic) bond motifs is 1. The fourth-order valence-electron chi connectivity index (χ4n) is 3.92. The number of carbonyl (C=O) groups excluding carboxylic acids is 1. The van der Waals surface area contributed by atoms with Crippen molar-refractivity contribution in [2.75, 3.05) is 19.6 Å². The lowest BCUT2D eigenvalue weighted by atomic mass is 10.1. The van der Waals surface area contributed by atoms with Gasteiger partial charge in [-0.2, -0.15) is 0 Å². The molecule has 0 atom stereocenters. The Morgan fingerprint density at radius 1 is 1.00 bits per heavy atom. The van der Waals surface area contributed by atoms with Gasteiger partial charge in [0.15, 0.2) is 0 Å². The Morgan fingerprint density at radius 2 is 1.81 bits per heavy atom. The molecule has 0 saturated carbocycles. The van der Waals surface area contributed by atoms with Crippen LogP contribution >= 0.6 is 0 Å². The molecule has 2 aliphatic heterocycles. The Kier molecular flexibility index (Phi) is 5.29. The van der Waals surface area contributed by atoms with Crippen molar-refractivity contribution in [3.8, 4) is 0 Å². The third-order valence-electron chi connectivity index (χ3n) is 5.39. The van der Waals surface area contributed by atoms with Crippen molar-refractivity contribution in [1.82, 2.24) is 25.0 Å². The number of hydrogen-bond acceptors (Lipinski definition) is 4. The van der Waals surface area contributed by atoms with Crippen LogP contribution < -0.4 is 5.32 Å². The van der Waals surface area contributed by atoms with Crippen molar-refractivity contribution in [2.45, 2.75) is 51.6 Å². The molecule has 2 aromatic rings. The van der Waals surface area contributed by atoms with Crippen molar-refractivity contribution < 1.29 is 4.79 Å². The van der Waals surface area contributed by atoms with E-state index >= 15 is 0 Å². The second-order valence-corrected chi connectivity index (χ2v) is 7.33. The summed E-state index contributed by atoms with van der Waals surface area (Å²) >= 11 is 0. The smallest absolute Gasteiger partial charge is 0.251 e. The molecule has 1 N–H and O–H groups in total. The van der Waals surface area contributed by atoms with Crippen LogP contribution in [0, 0.1) is 0 Å². The molecular formula is C20H27N5O. The van der Waals surface area contributed by atoms with Crippen LogP contribution in [0.25, 0.3) is 0 Å². The van der Waals surface area contributed by atoms with Crippen LogP contribution in [0.4, 0.5) is 0 Å². The molecule has 1 aromatic carbocycles. The van der Waals surface area contributed by atoms with Gasteiger partial charge in [-0.05, 0) is 50.0 Å². The first kappa shape index (κ1) is 17.2. The summed E-state index contributed by atoms with van der Waals surface area (Å²) in [5, 5.41) is 11.4. The van der Waals surface area contributed by atoms with Crippen molar-refractivity contribution >= 4 is 5.91 Å².